The molecule has 1 aromatic heterocycles. The van der Waals surface area contributed by atoms with Crippen LogP contribution in [0.2, 0.25) is 0 Å². The standard InChI is InChI=1S/C16H19F2NOS/c1-3-8-19-14(15-11(2)7-9-21-15)12-5-4-6-13(10-12)20-16(17)18/h4-7,9-10,14,16,19H,3,8H2,1-2H3. The van der Waals surface area contributed by atoms with Crippen molar-refractivity contribution in [2.24, 2.45) is 0 Å². The molecule has 0 fully saturated rings. The van der Waals surface area contributed by atoms with E-state index in [0.717, 1.165) is 18.5 Å². The van der Waals surface area contributed by atoms with Crippen molar-refractivity contribution in [2.45, 2.75) is 32.9 Å². The summed E-state index contributed by atoms with van der Waals surface area (Å²) in [6, 6.07) is 8.99. The van der Waals surface area contributed by atoms with Gasteiger partial charge in [0.1, 0.15) is 5.75 Å². The average molecular weight is 311 g/mol. The van der Waals surface area contributed by atoms with Crippen LogP contribution in [0.4, 0.5) is 8.78 Å². The van der Waals surface area contributed by atoms with Crippen molar-refractivity contribution in [1.82, 2.24) is 5.32 Å². The van der Waals surface area contributed by atoms with Gasteiger partial charge in [0.05, 0.1) is 6.04 Å². The molecule has 1 heterocycles. The van der Waals surface area contributed by atoms with Crippen molar-refractivity contribution in [1.29, 1.82) is 0 Å². The Bertz CT molecular complexity index is 571. The van der Waals surface area contributed by atoms with Crippen LogP contribution in [0, 0.1) is 6.92 Å². The fourth-order valence-corrected chi connectivity index (χ4v) is 3.23. The van der Waals surface area contributed by atoms with Gasteiger partial charge < -0.3 is 10.1 Å². The number of hydrogen-bond acceptors (Lipinski definition) is 3. The first kappa shape index (κ1) is 15.9. The quantitative estimate of drug-likeness (QED) is 0.797. The van der Waals surface area contributed by atoms with Gasteiger partial charge in [0.25, 0.3) is 0 Å². The zero-order valence-corrected chi connectivity index (χ0v) is 12.9. The maximum atomic E-state index is 12.4. The highest BCUT2D eigenvalue weighted by molar-refractivity contribution is 7.10. The van der Waals surface area contributed by atoms with Gasteiger partial charge in [-0.3, -0.25) is 0 Å². The third-order valence-corrected chi connectivity index (χ3v) is 4.26. The molecule has 1 aromatic carbocycles. The van der Waals surface area contributed by atoms with E-state index in [9.17, 15) is 8.78 Å². The highest BCUT2D eigenvalue weighted by Crippen LogP contribution is 2.31. The molecule has 1 N–H and O–H groups in total. The van der Waals surface area contributed by atoms with Crippen LogP contribution in [0.3, 0.4) is 0 Å². The second-order valence-electron chi connectivity index (χ2n) is 4.81. The molecule has 1 unspecified atom stereocenters. The van der Waals surface area contributed by atoms with Crippen molar-refractivity contribution in [2.75, 3.05) is 6.54 Å². The van der Waals surface area contributed by atoms with Crippen LogP contribution >= 0.6 is 11.3 Å². The van der Waals surface area contributed by atoms with Crippen LogP contribution in [-0.4, -0.2) is 13.2 Å². The van der Waals surface area contributed by atoms with Crippen LogP contribution in [0.1, 0.15) is 35.4 Å². The number of nitrogens with one attached hydrogen (secondary N) is 1. The lowest BCUT2D eigenvalue weighted by molar-refractivity contribution is -0.0498. The van der Waals surface area contributed by atoms with E-state index in [-0.39, 0.29) is 11.8 Å². The van der Waals surface area contributed by atoms with Gasteiger partial charge in [-0.15, -0.1) is 11.3 Å². The molecule has 2 nitrogen and oxygen atoms in total. The summed E-state index contributed by atoms with van der Waals surface area (Å²) in [5, 5.41) is 5.52. The molecule has 0 aliphatic carbocycles. The lowest BCUT2D eigenvalue weighted by Gasteiger charge is -2.19. The van der Waals surface area contributed by atoms with Crippen LogP contribution in [0.25, 0.3) is 0 Å². The van der Waals surface area contributed by atoms with Gasteiger partial charge in [0.15, 0.2) is 0 Å². The number of ether oxygens (including phenoxy) is 1. The molecule has 1 atom stereocenters. The Morgan fingerprint density at radius 2 is 2.10 bits per heavy atom. The number of halogens is 2. The Kier molecular flexibility index (Phi) is 5.70. The lowest BCUT2D eigenvalue weighted by atomic mass is 10.0. The molecule has 21 heavy (non-hydrogen) atoms. The van der Waals surface area contributed by atoms with E-state index in [1.165, 1.54) is 10.4 Å². The smallest absolute Gasteiger partial charge is 0.387 e. The van der Waals surface area contributed by atoms with Crippen LogP contribution in [-0.2, 0) is 0 Å². The summed E-state index contributed by atoms with van der Waals surface area (Å²) in [5.74, 6) is 0.194. The molecule has 2 rings (SSSR count). The summed E-state index contributed by atoms with van der Waals surface area (Å²) in [7, 11) is 0. The molecule has 0 spiro atoms. The van der Waals surface area contributed by atoms with Crippen molar-refractivity contribution in [3.63, 3.8) is 0 Å². The van der Waals surface area contributed by atoms with Crippen LogP contribution in [0.5, 0.6) is 5.75 Å². The van der Waals surface area contributed by atoms with E-state index < -0.39 is 6.61 Å². The average Bonchev–Trinajstić information content (AvgIpc) is 2.85. The topological polar surface area (TPSA) is 21.3 Å². The summed E-state index contributed by atoms with van der Waals surface area (Å²) in [6.45, 7) is 2.22. The van der Waals surface area contributed by atoms with E-state index in [4.69, 9.17) is 0 Å². The summed E-state index contributed by atoms with van der Waals surface area (Å²) in [5.41, 5.74) is 2.14. The van der Waals surface area contributed by atoms with E-state index in [1.54, 1.807) is 29.5 Å². The number of hydrogen-bond donors (Lipinski definition) is 1. The maximum Gasteiger partial charge on any atom is 0.387 e. The summed E-state index contributed by atoms with van der Waals surface area (Å²) in [6.07, 6.45) is 1.01. The SMILES string of the molecule is CCCNC(c1cccc(OC(F)F)c1)c1sccc1C. The van der Waals surface area contributed by atoms with E-state index in [2.05, 4.69) is 30.0 Å². The molecule has 114 valence electrons. The third kappa shape index (κ3) is 4.25. The monoisotopic (exact) mass is 311 g/mol. The Labute approximate surface area is 127 Å². The van der Waals surface area contributed by atoms with Crippen molar-refractivity contribution >= 4 is 11.3 Å². The molecule has 0 bridgehead atoms. The Morgan fingerprint density at radius 3 is 2.71 bits per heavy atom. The first-order chi connectivity index (χ1) is 10.1. The van der Waals surface area contributed by atoms with Gasteiger partial charge in [0.2, 0.25) is 0 Å². The molecule has 0 radical (unpaired) electrons. The maximum absolute atomic E-state index is 12.4. The van der Waals surface area contributed by atoms with Gasteiger partial charge >= 0.3 is 6.61 Å². The fraction of sp³-hybridized carbons (Fsp3) is 0.375. The minimum atomic E-state index is -2.80. The number of rotatable bonds is 7. The largest absolute Gasteiger partial charge is 0.435 e. The molecule has 5 heteroatoms. The Hall–Kier alpha value is -1.46. The minimum Gasteiger partial charge on any atom is -0.435 e. The molecular formula is C16H19F2NOS. The zero-order valence-electron chi connectivity index (χ0n) is 12.1. The first-order valence-corrected chi connectivity index (χ1v) is 7.82. The van der Waals surface area contributed by atoms with Gasteiger partial charge in [-0.25, -0.2) is 0 Å². The van der Waals surface area contributed by atoms with Gasteiger partial charge in [-0.2, -0.15) is 8.78 Å². The van der Waals surface area contributed by atoms with E-state index in [0.29, 0.717) is 0 Å². The zero-order chi connectivity index (χ0) is 15.2. The normalized spacial score (nSPS) is 12.6. The first-order valence-electron chi connectivity index (χ1n) is 6.94. The summed E-state index contributed by atoms with van der Waals surface area (Å²) >= 11 is 1.67. The van der Waals surface area contributed by atoms with Crippen molar-refractivity contribution in [3.05, 3.63) is 51.7 Å². The highest BCUT2D eigenvalue weighted by atomic mass is 32.1. The molecule has 0 aliphatic rings. The molecule has 2 aromatic rings. The van der Waals surface area contributed by atoms with E-state index >= 15 is 0 Å². The van der Waals surface area contributed by atoms with Crippen molar-refractivity contribution in [3.8, 4) is 5.75 Å². The second-order valence-corrected chi connectivity index (χ2v) is 5.75. The minimum absolute atomic E-state index is 0.00572. The molecule has 0 saturated heterocycles. The van der Waals surface area contributed by atoms with Crippen molar-refractivity contribution < 1.29 is 13.5 Å². The number of aryl methyl sites for hydroxylation is 1. The molecule has 0 amide bonds. The Balaban J connectivity index is 2.30. The number of benzene rings is 1. The third-order valence-electron chi connectivity index (χ3n) is 3.18. The number of thiophene rings is 1. The predicted octanol–water partition coefficient (Wildman–Crippen LogP) is 4.75. The van der Waals surface area contributed by atoms with Crippen LogP contribution < -0.4 is 10.1 Å². The second kappa shape index (κ2) is 7.52. The number of alkyl halides is 2. The predicted molar refractivity (Wildman–Crippen MR) is 82.3 cm³/mol. The molecule has 0 aliphatic heterocycles. The van der Waals surface area contributed by atoms with Gasteiger partial charge in [-0.05, 0) is 54.6 Å². The highest BCUT2D eigenvalue weighted by Gasteiger charge is 2.17. The van der Waals surface area contributed by atoms with E-state index in [1.807, 2.05) is 11.4 Å². The lowest BCUT2D eigenvalue weighted by Crippen LogP contribution is -2.23. The van der Waals surface area contributed by atoms with Gasteiger partial charge in [-0.1, -0.05) is 19.1 Å². The van der Waals surface area contributed by atoms with Gasteiger partial charge in [0, 0.05) is 4.88 Å². The molecular weight excluding hydrogens is 292 g/mol. The Morgan fingerprint density at radius 1 is 1.29 bits per heavy atom. The molecule has 0 saturated carbocycles. The summed E-state index contributed by atoms with van der Waals surface area (Å²) in [4.78, 5) is 1.21. The fourth-order valence-electron chi connectivity index (χ4n) is 2.20. The summed E-state index contributed by atoms with van der Waals surface area (Å²) < 4.78 is 29.2. The van der Waals surface area contributed by atoms with Crippen LogP contribution in [0.15, 0.2) is 35.7 Å².